The van der Waals surface area contributed by atoms with Gasteiger partial charge in [0.1, 0.15) is 0 Å². The molecular weight excluding hydrogens is 336 g/mol. The Morgan fingerprint density at radius 1 is 1.22 bits per heavy atom. The van der Waals surface area contributed by atoms with Gasteiger partial charge in [0, 0.05) is 37.8 Å². The van der Waals surface area contributed by atoms with Gasteiger partial charge in [0.05, 0.1) is 5.69 Å². The molecule has 2 heterocycles. The number of aryl methyl sites for hydroxylation is 2. The summed E-state index contributed by atoms with van der Waals surface area (Å²) in [6.07, 6.45) is 4.45. The van der Waals surface area contributed by atoms with E-state index in [0.717, 1.165) is 25.1 Å². The van der Waals surface area contributed by atoms with Crippen molar-refractivity contribution in [3.63, 3.8) is 0 Å². The summed E-state index contributed by atoms with van der Waals surface area (Å²) in [5.41, 5.74) is 4.87. The number of aromatic nitrogens is 2. The van der Waals surface area contributed by atoms with Crippen LogP contribution >= 0.6 is 0 Å². The summed E-state index contributed by atoms with van der Waals surface area (Å²) in [6, 6.07) is 11.2. The van der Waals surface area contributed by atoms with Crippen molar-refractivity contribution in [1.29, 1.82) is 0 Å². The molecule has 1 aliphatic heterocycles. The number of nitrogens with one attached hydrogen (secondary N) is 1. The van der Waals surface area contributed by atoms with E-state index < -0.39 is 0 Å². The summed E-state index contributed by atoms with van der Waals surface area (Å²) in [6.45, 7) is 5.63. The van der Waals surface area contributed by atoms with Crippen molar-refractivity contribution in [2.75, 3.05) is 13.1 Å². The van der Waals surface area contributed by atoms with Gasteiger partial charge in [0.25, 0.3) is 0 Å². The van der Waals surface area contributed by atoms with Crippen LogP contribution in [-0.2, 0) is 13.5 Å². The quantitative estimate of drug-likeness (QED) is 0.899. The van der Waals surface area contributed by atoms with Crippen molar-refractivity contribution >= 4 is 6.03 Å². The Labute approximate surface area is 161 Å². The van der Waals surface area contributed by atoms with Crippen LogP contribution in [-0.4, -0.2) is 39.8 Å². The van der Waals surface area contributed by atoms with Gasteiger partial charge in [0.2, 0.25) is 0 Å². The number of hydrogen-bond donors (Lipinski definition) is 1. The van der Waals surface area contributed by atoms with Crippen molar-refractivity contribution in [3.8, 4) is 0 Å². The van der Waals surface area contributed by atoms with Crippen LogP contribution in [0.2, 0.25) is 0 Å². The molecule has 0 spiro atoms. The zero-order valence-corrected chi connectivity index (χ0v) is 16.6. The lowest BCUT2D eigenvalue weighted by molar-refractivity contribution is 0.189. The number of amides is 2. The highest BCUT2D eigenvalue weighted by Gasteiger charge is 2.46. The molecule has 1 saturated carbocycles. The molecule has 2 aliphatic rings. The van der Waals surface area contributed by atoms with E-state index in [0.29, 0.717) is 24.4 Å². The molecular formula is C22H30N4O. The van der Waals surface area contributed by atoms with Crippen LogP contribution in [0.5, 0.6) is 0 Å². The maximum Gasteiger partial charge on any atom is 0.317 e. The molecule has 1 N–H and O–H groups in total. The molecule has 1 saturated heterocycles. The van der Waals surface area contributed by atoms with Crippen LogP contribution in [0.3, 0.4) is 0 Å². The Morgan fingerprint density at radius 2 is 2.00 bits per heavy atom. The number of fused-ring (bicyclic) bond motifs is 1. The maximum atomic E-state index is 12.9. The van der Waals surface area contributed by atoms with E-state index in [1.807, 2.05) is 18.7 Å². The van der Waals surface area contributed by atoms with Crippen LogP contribution in [0.25, 0.3) is 0 Å². The van der Waals surface area contributed by atoms with Crippen molar-refractivity contribution in [1.82, 2.24) is 20.0 Å². The number of hydrogen-bond acceptors (Lipinski definition) is 2. The van der Waals surface area contributed by atoms with Gasteiger partial charge in [-0.2, -0.15) is 5.10 Å². The van der Waals surface area contributed by atoms with Crippen molar-refractivity contribution in [2.24, 2.45) is 13.0 Å². The smallest absolute Gasteiger partial charge is 0.317 e. The van der Waals surface area contributed by atoms with Crippen LogP contribution in [0.4, 0.5) is 4.79 Å². The van der Waals surface area contributed by atoms with E-state index >= 15 is 0 Å². The summed E-state index contributed by atoms with van der Waals surface area (Å²) < 4.78 is 1.92. The third-order valence-corrected chi connectivity index (χ3v) is 6.64. The molecule has 2 fully saturated rings. The van der Waals surface area contributed by atoms with Gasteiger partial charge in [-0.25, -0.2) is 4.79 Å². The van der Waals surface area contributed by atoms with Gasteiger partial charge in [-0.3, -0.25) is 4.68 Å². The van der Waals surface area contributed by atoms with Gasteiger partial charge < -0.3 is 10.2 Å². The third-order valence-electron chi connectivity index (χ3n) is 6.64. The number of rotatable bonds is 4. The number of carbonyl (C=O) groups excluding carboxylic acids is 1. The van der Waals surface area contributed by atoms with Crippen LogP contribution in [0, 0.1) is 19.8 Å². The third kappa shape index (κ3) is 3.35. The molecule has 1 aromatic heterocycles. The Bertz CT molecular complexity index is 813. The molecule has 2 aromatic rings. The molecule has 3 atom stereocenters. The van der Waals surface area contributed by atoms with Gasteiger partial charge in [0.15, 0.2) is 0 Å². The molecule has 27 heavy (non-hydrogen) atoms. The number of carbonyl (C=O) groups is 1. The molecule has 4 rings (SSSR count). The highest BCUT2D eigenvalue weighted by Crippen LogP contribution is 2.46. The van der Waals surface area contributed by atoms with Gasteiger partial charge in [-0.15, -0.1) is 0 Å². The second kappa shape index (κ2) is 7.37. The Balaban J connectivity index is 1.40. The highest BCUT2D eigenvalue weighted by atomic mass is 16.2. The van der Waals surface area contributed by atoms with Crippen molar-refractivity contribution < 1.29 is 4.79 Å². The summed E-state index contributed by atoms with van der Waals surface area (Å²) in [4.78, 5) is 15.0. The van der Waals surface area contributed by atoms with E-state index in [-0.39, 0.29) is 6.03 Å². The fourth-order valence-corrected chi connectivity index (χ4v) is 5.17. The SMILES string of the molecule is Cc1nn(C)c(C)c1CCNC(=O)N1CC(c2ccccc2)C2CCCC21. The molecule has 5 nitrogen and oxygen atoms in total. The predicted molar refractivity (Wildman–Crippen MR) is 107 cm³/mol. The number of benzene rings is 1. The van der Waals surface area contributed by atoms with Crippen molar-refractivity contribution in [3.05, 3.63) is 52.8 Å². The lowest BCUT2D eigenvalue weighted by Crippen LogP contribution is -2.43. The van der Waals surface area contributed by atoms with E-state index in [4.69, 9.17) is 0 Å². The molecule has 0 bridgehead atoms. The molecule has 2 amide bonds. The minimum absolute atomic E-state index is 0.101. The standard InChI is InChI=1S/C22H30N4O/c1-15-18(16(2)25(3)24-15)12-13-23-22(27)26-14-20(17-8-5-4-6-9-17)19-10-7-11-21(19)26/h4-6,8-9,19-21H,7,10-14H2,1-3H3,(H,23,27). The summed E-state index contributed by atoms with van der Waals surface area (Å²) >= 11 is 0. The van der Waals surface area contributed by atoms with E-state index in [9.17, 15) is 4.79 Å². The maximum absolute atomic E-state index is 12.9. The molecule has 0 radical (unpaired) electrons. The number of urea groups is 1. The van der Waals surface area contributed by atoms with Crippen LogP contribution < -0.4 is 5.32 Å². The average Bonchev–Trinajstić information content (AvgIpc) is 3.33. The first-order chi connectivity index (χ1) is 13.1. The Kier molecular flexibility index (Phi) is 4.94. The summed E-state index contributed by atoms with van der Waals surface area (Å²) in [5, 5.41) is 7.64. The number of nitrogens with zero attached hydrogens (tertiary/aromatic N) is 3. The summed E-state index contributed by atoms with van der Waals surface area (Å²) in [5.74, 6) is 1.09. The average molecular weight is 367 g/mol. The molecule has 1 aromatic carbocycles. The Morgan fingerprint density at radius 3 is 2.70 bits per heavy atom. The minimum Gasteiger partial charge on any atom is -0.338 e. The molecule has 144 valence electrons. The zero-order valence-electron chi connectivity index (χ0n) is 16.6. The molecule has 1 aliphatic carbocycles. The largest absolute Gasteiger partial charge is 0.338 e. The normalized spacial score (nSPS) is 24.3. The Hall–Kier alpha value is -2.30. The highest BCUT2D eigenvalue weighted by molar-refractivity contribution is 5.75. The fraction of sp³-hybridized carbons (Fsp3) is 0.545. The van der Waals surface area contributed by atoms with E-state index in [1.165, 1.54) is 29.7 Å². The monoisotopic (exact) mass is 366 g/mol. The first-order valence-corrected chi connectivity index (χ1v) is 10.1. The lowest BCUT2D eigenvalue weighted by atomic mass is 9.87. The lowest BCUT2D eigenvalue weighted by Gasteiger charge is -2.24. The molecule has 3 unspecified atom stereocenters. The van der Waals surface area contributed by atoms with Crippen molar-refractivity contribution in [2.45, 2.75) is 51.5 Å². The predicted octanol–water partition coefficient (Wildman–Crippen LogP) is 3.56. The van der Waals surface area contributed by atoms with Gasteiger partial charge >= 0.3 is 6.03 Å². The fourth-order valence-electron chi connectivity index (χ4n) is 5.17. The van der Waals surface area contributed by atoms with Crippen LogP contribution in [0.1, 0.15) is 47.7 Å². The second-order valence-corrected chi connectivity index (χ2v) is 8.09. The zero-order chi connectivity index (χ0) is 19.0. The van der Waals surface area contributed by atoms with Gasteiger partial charge in [-0.1, -0.05) is 36.8 Å². The minimum atomic E-state index is 0.101. The summed E-state index contributed by atoms with van der Waals surface area (Å²) in [7, 11) is 1.97. The van der Waals surface area contributed by atoms with E-state index in [1.54, 1.807) is 0 Å². The topological polar surface area (TPSA) is 50.2 Å². The first kappa shape index (κ1) is 18.1. The second-order valence-electron chi connectivity index (χ2n) is 8.09. The van der Waals surface area contributed by atoms with Gasteiger partial charge in [-0.05, 0) is 50.2 Å². The van der Waals surface area contributed by atoms with E-state index in [2.05, 4.69) is 52.6 Å². The first-order valence-electron chi connectivity index (χ1n) is 10.1. The number of likely N-dealkylation sites (tertiary alicyclic amines) is 1. The molecule has 5 heteroatoms. The van der Waals surface area contributed by atoms with Crippen LogP contribution in [0.15, 0.2) is 30.3 Å².